The molecule has 2 N–H and O–H groups in total. The first kappa shape index (κ1) is 26.4. The van der Waals surface area contributed by atoms with Gasteiger partial charge in [-0.2, -0.15) is 0 Å². The second-order valence-corrected chi connectivity index (χ2v) is 9.81. The molecule has 4 heteroatoms. The zero-order valence-corrected chi connectivity index (χ0v) is 23.7. The molecule has 0 aromatic heterocycles. The van der Waals surface area contributed by atoms with Crippen molar-refractivity contribution in [2.75, 3.05) is 0 Å². The molecule has 174 valence electrons. The van der Waals surface area contributed by atoms with Crippen LogP contribution in [0.25, 0.3) is 11.1 Å². The molecule has 4 aromatic rings. The fourth-order valence-corrected chi connectivity index (χ4v) is 4.45. The van der Waals surface area contributed by atoms with Crippen LogP contribution in [0.3, 0.4) is 0 Å². The van der Waals surface area contributed by atoms with Crippen molar-refractivity contribution in [2.45, 2.75) is 38.5 Å². The molecule has 0 saturated carbocycles. The van der Waals surface area contributed by atoms with Crippen molar-refractivity contribution in [3.05, 3.63) is 125 Å². The van der Waals surface area contributed by atoms with Crippen LogP contribution in [0, 0.1) is 0 Å². The smallest absolute Gasteiger partial charge is 0.339 e. The number of phenols is 1. The number of carboxylic acid groups (broad SMARTS) is 1. The molecule has 0 atom stereocenters. The van der Waals surface area contributed by atoms with Gasteiger partial charge in [-0.1, -0.05) is 113 Å². The van der Waals surface area contributed by atoms with E-state index >= 15 is 0 Å². The molecule has 0 aliphatic heterocycles. The molecule has 0 unspecified atom stereocenters. The Morgan fingerprint density at radius 1 is 0.600 bits per heavy atom. The van der Waals surface area contributed by atoms with E-state index < -0.39 is 11.4 Å². The molecule has 0 heterocycles. The summed E-state index contributed by atoms with van der Waals surface area (Å²) in [5.41, 5.74) is 6.05. The van der Waals surface area contributed by atoms with Crippen LogP contribution in [-0.2, 0) is 30.3 Å². The monoisotopic (exact) mass is 514 g/mol. The van der Waals surface area contributed by atoms with Crippen molar-refractivity contribution in [1.82, 2.24) is 0 Å². The van der Waals surface area contributed by atoms with Crippen molar-refractivity contribution < 1.29 is 34.5 Å². The van der Waals surface area contributed by atoms with Crippen LogP contribution in [0.5, 0.6) is 5.75 Å². The predicted octanol–water partition coefficient (Wildman–Crippen LogP) is 7.41. The van der Waals surface area contributed by atoms with Crippen LogP contribution >= 0.6 is 0 Å². The van der Waals surface area contributed by atoms with Gasteiger partial charge in [0.25, 0.3) is 0 Å². The van der Waals surface area contributed by atoms with E-state index in [1.807, 2.05) is 12.1 Å². The fraction of sp³-hybridized carbons (Fsp3) is 0.194. The second kappa shape index (κ2) is 10.2. The van der Waals surface area contributed by atoms with Gasteiger partial charge >= 0.3 is 5.97 Å². The maximum Gasteiger partial charge on any atom is 0.339 e. The number of benzene rings is 4. The summed E-state index contributed by atoms with van der Waals surface area (Å²) in [5, 5.41) is 19.3. The van der Waals surface area contributed by atoms with Crippen LogP contribution in [0.15, 0.2) is 97.1 Å². The Morgan fingerprint density at radius 3 is 1.74 bits per heavy atom. The van der Waals surface area contributed by atoms with Crippen molar-refractivity contribution in [3.8, 4) is 16.9 Å². The molecule has 0 saturated heterocycles. The minimum Gasteiger partial charge on any atom is -0.507 e. The van der Waals surface area contributed by atoms with E-state index in [4.69, 9.17) is 0 Å². The number of carboxylic acids is 1. The molecule has 0 aliphatic rings. The van der Waals surface area contributed by atoms with Gasteiger partial charge in [0.1, 0.15) is 11.3 Å². The first-order valence-corrected chi connectivity index (χ1v) is 11.4. The summed E-state index contributed by atoms with van der Waals surface area (Å²) in [6.45, 7) is 8.61. The minimum atomic E-state index is -1.14. The van der Waals surface area contributed by atoms with Gasteiger partial charge in [-0.3, -0.25) is 0 Å². The second-order valence-electron chi connectivity index (χ2n) is 9.81. The van der Waals surface area contributed by atoms with Gasteiger partial charge in [0.05, 0.1) is 0 Å². The number of aromatic hydroxyl groups is 1. The Hall–Kier alpha value is -3.23. The summed E-state index contributed by atoms with van der Waals surface area (Å²) in [5.74, 6) is -1.36. The van der Waals surface area contributed by atoms with E-state index in [1.54, 1.807) is 12.1 Å². The zero-order valence-electron chi connectivity index (χ0n) is 20.7. The first-order valence-electron chi connectivity index (χ1n) is 11.4. The van der Waals surface area contributed by atoms with Gasteiger partial charge in [0, 0.05) is 30.3 Å². The van der Waals surface area contributed by atoms with Crippen LogP contribution in [0.4, 0.5) is 0 Å². The summed E-state index contributed by atoms with van der Waals surface area (Å²) < 4.78 is 0. The van der Waals surface area contributed by atoms with Crippen LogP contribution < -0.4 is 0 Å². The van der Waals surface area contributed by atoms with E-state index in [2.05, 4.69) is 94.4 Å². The quantitative estimate of drug-likeness (QED) is 0.263. The summed E-state index contributed by atoms with van der Waals surface area (Å²) in [6, 6.07) is 32.4. The molecule has 4 rings (SSSR count). The van der Waals surface area contributed by atoms with E-state index in [1.165, 1.54) is 17.2 Å². The van der Waals surface area contributed by atoms with Gasteiger partial charge in [-0.25, -0.2) is 4.79 Å². The van der Waals surface area contributed by atoms with E-state index in [-0.39, 0.29) is 36.2 Å². The number of carbonyl (C=O) groups is 1. The number of hydrogen-bond acceptors (Lipinski definition) is 2. The van der Waals surface area contributed by atoms with Crippen molar-refractivity contribution in [2.24, 2.45) is 0 Å². The zero-order chi connectivity index (χ0) is 24.5. The third-order valence-electron chi connectivity index (χ3n) is 6.97. The molecule has 0 radical (unpaired) electrons. The van der Waals surface area contributed by atoms with Gasteiger partial charge in [0.2, 0.25) is 0 Å². The maximum atomic E-state index is 11.5. The molecule has 0 amide bonds. The van der Waals surface area contributed by atoms with Gasteiger partial charge in [0.15, 0.2) is 0 Å². The standard InChI is InChI=1S/C31H30O3.Zn/c1-30(2,23-10-6-5-7-11-23)24-15-13-21(14-16-24)22-9-8-12-25(19-22)31(3,4)26-17-18-28(32)27(20-26)29(33)34;/h5-20,32H,1-4H3,(H,33,34);. The van der Waals surface area contributed by atoms with Crippen molar-refractivity contribution in [3.63, 3.8) is 0 Å². The first-order chi connectivity index (χ1) is 16.1. The Labute approximate surface area is 220 Å². The summed E-state index contributed by atoms with van der Waals surface area (Å²) in [6.07, 6.45) is 0. The maximum absolute atomic E-state index is 11.5. The van der Waals surface area contributed by atoms with Gasteiger partial charge < -0.3 is 10.2 Å². The van der Waals surface area contributed by atoms with E-state index in [0.29, 0.717) is 0 Å². The average molecular weight is 516 g/mol. The Bertz CT molecular complexity index is 1320. The number of rotatable bonds is 6. The SMILES string of the molecule is CC(C)(c1ccccc1)c1ccc(-c2cccc(C(C)(C)c3ccc(O)c(C(=O)O)c3)c2)cc1.[Zn]. The molecule has 4 aromatic carbocycles. The van der Waals surface area contributed by atoms with Crippen LogP contribution in [-0.4, -0.2) is 16.2 Å². The molecule has 0 spiro atoms. The van der Waals surface area contributed by atoms with E-state index in [9.17, 15) is 15.0 Å². The Kier molecular flexibility index (Phi) is 7.67. The molecule has 0 aliphatic carbocycles. The largest absolute Gasteiger partial charge is 0.507 e. The molecular formula is C31H30O3Zn. The molecule has 0 fully saturated rings. The summed E-state index contributed by atoms with van der Waals surface area (Å²) in [7, 11) is 0. The molecule has 35 heavy (non-hydrogen) atoms. The van der Waals surface area contributed by atoms with Crippen LogP contribution in [0.1, 0.15) is 60.3 Å². The van der Waals surface area contributed by atoms with Crippen molar-refractivity contribution in [1.29, 1.82) is 0 Å². The third kappa shape index (κ3) is 5.23. The average Bonchev–Trinajstić information content (AvgIpc) is 2.84. The number of hydrogen-bond donors (Lipinski definition) is 2. The van der Waals surface area contributed by atoms with Gasteiger partial charge in [-0.05, 0) is 45.5 Å². The molecule has 3 nitrogen and oxygen atoms in total. The minimum absolute atomic E-state index is 0. The van der Waals surface area contributed by atoms with E-state index in [0.717, 1.165) is 22.3 Å². The predicted molar refractivity (Wildman–Crippen MR) is 138 cm³/mol. The van der Waals surface area contributed by atoms with Crippen molar-refractivity contribution >= 4 is 5.97 Å². The fourth-order valence-electron chi connectivity index (χ4n) is 4.45. The summed E-state index contributed by atoms with van der Waals surface area (Å²) >= 11 is 0. The molecule has 0 bridgehead atoms. The third-order valence-corrected chi connectivity index (χ3v) is 6.97. The Balaban J connectivity index is 0.00000342. The van der Waals surface area contributed by atoms with Crippen LogP contribution in [0.2, 0.25) is 0 Å². The Morgan fingerprint density at radius 2 is 1.11 bits per heavy atom. The summed E-state index contributed by atoms with van der Waals surface area (Å²) in [4.78, 5) is 11.5. The van der Waals surface area contributed by atoms with Gasteiger partial charge in [-0.15, -0.1) is 0 Å². The topological polar surface area (TPSA) is 57.5 Å². The number of aromatic carboxylic acids is 1. The molecular weight excluding hydrogens is 486 g/mol. The normalized spacial score (nSPS) is 11.5.